The zero-order valence-electron chi connectivity index (χ0n) is 14.2. The highest BCUT2D eigenvalue weighted by molar-refractivity contribution is 8.00. The van der Waals surface area contributed by atoms with E-state index in [4.69, 9.17) is 4.74 Å². The SMILES string of the molecule is CCOC(=O)[C@H]1CCCCN1C(=O)CSc1ncnc2ccccc12. The van der Waals surface area contributed by atoms with Gasteiger partial charge in [0.05, 0.1) is 17.9 Å². The highest BCUT2D eigenvalue weighted by Gasteiger charge is 2.33. The number of amides is 1. The molecule has 0 radical (unpaired) electrons. The van der Waals surface area contributed by atoms with Crippen molar-refractivity contribution >= 4 is 34.5 Å². The molecule has 0 bridgehead atoms. The van der Waals surface area contributed by atoms with Crippen molar-refractivity contribution in [1.82, 2.24) is 14.9 Å². The second-order valence-electron chi connectivity index (χ2n) is 5.84. The van der Waals surface area contributed by atoms with Gasteiger partial charge in [0.15, 0.2) is 0 Å². The highest BCUT2D eigenvalue weighted by atomic mass is 32.2. The Hall–Kier alpha value is -2.15. The number of piperidine rings is 1. The summed E-state index contributed by atoms with van der Waals surface area (Å²) >= 11 is 1.38. The number of thioether (sulfide) groups is 1. The average molecular weight is 359 g/mol. The van der Waals surface area contributed by atoms with Crippen LogP contribution >= 0.6 is 11.8 Å². The molecule has 0 N–H and O–H groups in total. The van der Waals surface area contributed by atoms with Gasteiger partial charge in [-0.25, -0.2) is 14.8 Å². The summed E-state index contributed by atoms with van der Waals surface area (Å²) in [5, 5.41) is 1.71. The molecule has 1 aromatic carbocycles. The molecule has 0 saturated carbocycles. The number of nitrogens with zero attached hydrogens (tertiary/aromatic N) is 3. The van der Waals surface area contributed by atoms with Crippen LogP contribution in [0.25, 0.3) is 10.9 Å². The molecule has 132 valence electrons. The molecule has 1 aliphatic heterocycles. The van der Waals surface area contributed by atoms with Gasteiger partial charge < -0.3 is 9.64 Å². The van der Waals surface area contributed by atoms with Crippen molar-refractivity contribution in [3.05, 3.63) is 30.6 Å². The lowest BCUT2D eigenvalue weighted by Crippen LogP contribution is -2.49. The predicted octanol–water partition coefficient (Wildman–Crippen LogP) is 2.67. The second kappa shape index (κ2) is 8.29. The topological polar surface area (TPSA) is 72.4 Å². The first-order chi connectivity index (χ1) is 12.2. The Bertz CT molecular complexity index is 763. The van der Waals surface area contributed by atoms with E-state index in [2.05, 4.69) is 9.97 Å². The number of rotatable bonds is 5. The fraction of sp³-hybridized carbons (Fsp3) is 0.444. The largest absolute Gasteiger partial charge is 0.464 e. The van der Waals surface area contributed by atoms with E-state index in [1.165, 1.54) is 18.1 Å². The molecule has 3 rings (SSSR count). The van der Waals surface area contributed by atoms with Gasteiger partial charge >= 0.3 is 5.97 Å². The molecule has 1 amide bonds. The van der Waals surface area contributed by atoms with Crippen LogP contribution in [-0.4, -0.2) is 51.7 Å². The van der Waals surface area contributed by atoms with Crippen molar-refractivity contribution in [2.24, 2.45) is 0 Å². The van der Waals surface area contributed by atoms with Crippen LogP contribution < -0.4 is 0 Å². The van der Waals surface area contributed by atoms with Gasteiger partial charge in [0.25, 0.3) is 0 Å². The number of carbonyl (C=O) groups is 2. The van der Waals surface area contributed by atoms with E-state index in [-0.39, 0.29) is 17.6 Å². The fourth-order valence-corrected chi connectivity index (χ4v) is 3.90. The zero-order chi connectivity index (χ0) is 17.6. The van der Waals surface area contributed by atoms with Crippen LogP contribution in [0, 0.1) is 0 Å². The maximum Gasteiger partial charge on any atom is 0.328 e. The second-order valence-corrected chi connectivity index (χ2v) is 6.80. The van der Waals surface area contributed by atoms with Gasteiger partial charge in [-0.3, -0.25) is 4.79 Å². The first-order valence-corrected chi connectivity index (χ1v) is 9.48. The first-order valence-electron chi connectivity index (χ1n) is 8.49. The molecule has 0 aliphatic carbocycles. The monoisotopic (exact) mass is 359 g/mol. The lowest BCUT2D eigenvalue weighted by atomic mass is 10.0. The van der Waals surface area contributed by atoms with Gasteiger partial charge in [0, 0.05) is 11.9 Å². The van der Waals surface area contributed by atoms with E-state index < -0.39 is 6.04 Å². The molecule has 1 aromatic heterocycles. The molecular formula is C18H21N3O3S. The minimum Gasteiger partial charge on any atom is -0.464 e. The molecule has 1 aliphatic rings. The number of ether oxygens (including phenoxy) is 1. The van der Waals surface area contributed by atoms with Crippen LogP contribution in [0.1, 0.15) is 26.2 Å². The Labute approximate surface area is 151 Å². The van der Waals surface area contributed by atoms with Crippen molar-refractivity contribution in [2.75, 3.05) is 18.9 Å². The van der Waals surface area contributed by atoms with E-state index >= 15 is 0 Å². The maximum absolute atomic E-state index is 12.7. The smallest absolute Gasteiger partial charge is 0.328 e. The van der Waals surface area contributed by atoms with E-state index in [1.807, 2.05) is 24.3 Å². The Kier molecular flexibility index (Phi) is 5.86. The normalized spacial score (nSPS) is 17.5. The zero-order valence-corrected chi connectivity index (χ0v) is 15.0. The quantitative estimate of drug-likeness (QED) is 0.464. The number of aromatic nitrogens is 2. The minimum absolute atomic E-state index is 0.0505. The summed E-state index contributed by atoms with van der Waals surface area (Å²) < 4.78 is 5.12. The molecule has 1 saturated heterocycles. The molecule has 0 unspecified atom stereocenters. The molecule has 2 aromatic rings. The fourth-order valence-electron chi connectivity index (χ4n) is 3.02. The van der Waals surface area contributed by atoms with E-state index in [9.17, 15) is 9.59 Å². The van der Waals surface area contributed by atoms with Gasteiger partial charge in [0.1, 0.15) is 17.4 Å². The molecule has 7 heteroatoms. The van der Waals surface area contributed by atoms with Crippen LogP contribution in [0.4, 0.5) is 0 Å². The molecule has 1 fully saturated rings. The summed E-state index contributed by atoms with van der Waals surface area (Å²) in [6.07, 6.45) is 4.04. The Balaban J connectivity index is 1.69. The summed E-state index contributed by atoms with van der Waals surface area (Å²) in [6, 6.07) is 7.27. The molecule has 25 heavy (non-hydrogen) atoms. The molecule has 0 spiro atoms. The average Bonchev–Trinajstić information content (AvgIpc) is 2.66. The third-order valence-corrected chi connectivity index (χ3v) is 5.21. The number of benzene rings is 1. The summed E-state index contributed by atoms with van der Waals surface area (Å²) in [4.78, 5) is 35.0. The summed E-state index contributed by atoms with van der Waals surface area (Å²) in [5.41, 5.74) is 0.856. The van der Waals surface area contributed by atoms with E-state index in [1.54, 1.807) is 11.8 Å². The van der Waals surface area contributed by atoms with Crippen molar-refractivity contribution in [1.29, 1.82) is 0 Å². The van der Waals surface area contributed by atoms with Crippen molar-refractivity contribution in [3.8, 4) is 0 Å². The van der Waals surface area contributed by atoms with Crippen molar-refractivity contribution in [3.63, 3.8) is 0 Å². The van der Waals surface area contributed by atoms with Crippen LogP contribution in [-0.2, 0) is 14.3 Å². The van der Waals surface area contributed by atoms with Crippen LogP contribution in [0.3, 0.4) is 0 Å². The minimum atomic E-state index is -0.455. The van der Waals surface area contributed by atoms with Gasteiger partial charge in [-0.05, 0) is 32.3 Å². The van der Waals surface area contributed by atoms with E-state index in [0.717, 1.165) is 28.8 Å². The lowest BCUT2D eigenvalue weighted by molar-refractivity contribution is -0.155. The number of para-hydroxylation sites is 1. The highest BCUT2D eigenvalue weighted by Crippen LogP contribution is 2.26. The van der Waals surface area contributed by atoms with E-state index in [0.29, 0.717) is 19.6 Å². The third-order valence-electron chi connectivity index (χ3n) is 4.22. The summed E-state index contributed by atoms with van der Waals surface area (Å²) in [5.74, 6) is -0.102. The van der Waals surface area contributed by atoms with Crippen molar-refractivity contribution < 1.29 is 14.3 Å². The van der Waals surface area contributed by atoms with Crippen molar-refractivity contribution in [2.45, 2.75) is 37.3 Å². The Morgan fingerprint density at radius 3 is 2.96 bits per heavy atom. The number of esters is 1. The van der Waals surface area contributed by atoms with Crippen LogP contribution in [0.2, 0.25) is 0 Å². The van der Waals surface area contributed by atoms with Gasteiger partial charge in [-0.2, -0.15) is 0 Å². The maximum atomic E-state index is 12.7. The van der Waals surface area contributed by atoms with Gasteiger partial charge in [-0.15, -0.1) is 0 Å². The van der Waals surface area contributed by atoms with Crippen LogP contribution in [0.5, 0.6) is 0 Å². The third kappa shape index (κ3) is 4.10. The Morgan fingerprint density at radius 2 is 2.12 bits per heavy atom. The number of hydrogen-bond donors (Lipinski definition) is 0. The first kappa shape index (κ1) is 17.7. The predicted molar refractivity (Wildman–Crippen MR) is 96.2 cm³/mol. The lowest BCUT2D eigenvalue weighted by Gasteiger charge is -2.34. The summed E-state index contributed by atoms with van der Waals surface area (Å²) in [7, 11) is 0. The Morgan fingerprint density at radius 1 is 1.28 bits per heavy atom. The molecular weight excluding hydrogens is 338 g/mol. The molecule has 2 heterocycles. The number of carbonyl (C=O) groups excluding carboxylic acids is 2. The van der Waals surface area contributed by atoms with Gasteiger partial charge in [-0.1, -0.05) is 30.0 Å². The molecule has 1 atom stereocenters. The van der Waals surface area contributed by atoms with Crippen LogP contribution in [0.15, 0.2) is 35.6 Å². The summed E-state index contributed by atoms with van der Waals surface area (Å²) in [6.45, 7) is 2.72. The number of hydrogen-bond acceptors (Lipinski definition) is 6. The standard InChI is InChI=1S/C18H21N3O3S/c1-2-24-18(23)15-9-5-6-10-21(15)16(22)11-25-17-13-7-3-4-8-14(13)19-12-20-17/h3-4,7-8,12,15H,2,5-6,9-11H2,1H3/t15-/m1/s1. The number of likely N-dealkylation sites (tertiary alicyclic amines) is 1. The molecule has 6 nitrogen and oxygen atoms in total. The van der Waals surface area contributed by atoms with Gasteiger partial charge in [0.2, 0.25) is 5.91 Å². The number of fused-ring (bicyclic) bond motifs is 1.